The summed E-state index contributed by atoms with van der Waals surface area (Å²) in [4.78, 5) is 39.4. The monoisotopic (exact) mass is 473 g/mol. The molecule has 34 heavy (non-hydrogen) atoms. The summed E-state index contributed by atoms with van der Waals surface area (Å²) in [6, 6.07) is 6.80. The molecule has 1 aliphatic carbocycles. The minimum Gasteiger partial charge on any atom is -0.497 e. The summed E-state index contributed by atoms with van der Waals surface area (Å²) in [5, 5.41) is 10.0. The normalized spacial score (nSPS) is 24.1. The molecule has 1 saturated heterocycles. The Bertz CT molecular complexity index is 964. The number of rotatable bonds is 7. The fourth-order valence-electron chi connectivity index (χ4n) is 5.02. The maximum Gasteiger partial charge on any atom is 0.511 e. The fraction of sp³-hybridized carbons (Fsp3) is 0.560. The SMILES string of the molecule is COc1ccc(C2=C(C(=O)OC(C)OC(=O)OC3CCCCC3)N3C(=O)[C@H]([C@@H](C)O)[C@H]3C2)cc1. The number of hydrogen-bond acceptors (Lipinski definition) is 8. The van der Waals surface area contributed by atoms with Crippen molar-refractivity contribution in [1.82, 2.24) is 4.90 Å². The highest BCUT2D eigenvalue weighted by Crippen LogP contribution is 2.47. The number of fused-ring (bicyclic) bond motifs is 1. The van der Waals surface area contributed by atoms with E-state index in [0.29, 0.717) is 17.7 Å². The standard InChI is InChI=1S/C25H31NO8/c1-14(27)21-20-13-19(16-9-11-17(31-3)12-10-16)22(26(20)23(21)28)24(29)32-15(2)33-25(30)34-18-7-5-4-6-8-18/h9-12,14-15,18,20-21,27H,4-8,13H2,1-3H3/t14-,15?,20-,21-/m1/s1. The van der Waals surface area contributed by atoms with Crippen molar-refractivity contribution in [2.75, 3.05) is 7.11 Å². The van der Waals surface area contributed by atoms with E-state index in [-0.39, 0.29) is 23.8 Å². The number of methoxy groups -OCH3 is 1. The first-order chi connectivity index (χ1) is 16.3. The average molecular weight is 474 g/mol. The maximum absolute atomic E-state index is 13.2. The number of benzene rings is 1. The lowest BCUT2D eigenvalue weighted by molar-refractivity contribution is -0.173. The zero-order valence-corrected chi connectivity index (χ0v) is 19.7. The summed E-state index contributed by atoms with van der Waals surface area (Å²) < 4.78 is 21.0. The molecule has 1 amide bonds. The number of nitrogens with zero attached hydrogens (tertiary/aromatic N) is 1. The molecule has 2 heterocycles. The van der Waals surface area contributed by atoms with Crippen LogP contribution in [-0.2, 0) is 23.8 Å². The van der Waals surface area contributed by atoms with E-state index in [1.165, 1.54) is 11.8 Å². The topological polar surface area (TPSA) is 112 Å². The van der Waals surface area contributed by atoms with Gasteiger partial charge in [-0.1, -0.05) is 18.6 Å². The Hall–Kier alpha value is -3.07. The summed E-state index contributed by atoms with van der Waals surface area (Å²) in [5.74, 6) is -1.03. The zero-order chi connectivity index (χ0) is 24.4. The van der Waals surface area contributed by atoms with Crippen molar-refractivity contribution in [3.8, 4) is 5.75 Å². The van der Waals surface area contributed by atoms with Gasteiger partial charge in [0.25, 0.3) is 0 Å². The molecule has 9 nitrogen and oxygen atoms in total. The lowest BCUT2D eigenvalue weighted by atomic mass is 9.82. The molecule has 184 valence electrons. The first-order valence-electron chi connectivity index (χ1n) is 11.8. The van der Waals surface area contributed by atoms with Crippen LogP contribution >= 0.6 is 0 Å². The second-order valence-electron chi connectivity index (χ2n) is 9.02. The van der Waals surface area contributed by atoms with Crippen LogP contribution in [0.4, 0.5) is 4.79 Å². The van der Waals surface area contributed by atoms with E-state index in [2.05, 4.69) is 0 Å². The van der Waals surface area contributed by atoms with Crippen molar-refractivity contribution in [2.24, 2.45) is 5.92 Å². The van der Waals surface area contributed by atoms with Crippen LogP contribution in [-0.4, -0.2) is 59.7 Å². The van der Waals surface area contributed by atoms with Gasteiger partial charge in [-0.3, -0.25) is 4.79 Å². The van der Waals surface area contributed by atoms with Crippen LogP contribution in [0.1, 0.15) is 57.9 Å². The van der Waals surface area contributed by atoms with Gasteiger partial charge in [0.15, 0.2) is 0 Å². The molecule has 2 fully saturated rings. The van der Waals surface area contributed by atoms with E-state index in [0.717, 1.165) is 37.7 Å². The molecule has 0 spiro atoms. The Balaban J connectivity index is 1.48. The van der Waals surface area contributed by atoms with Crippen LogP contribution < -0.4 is 4.74 Å². The average Bonchev–Trinajstić information content (AvgIpc) is 3.14. The number of aliphatic hydroxyl groups is 1. The Kier molecular flexibility index (Phi) is 7.11. The number of carbonyl (C=O) groups is 3. The van der Waals surface area contributed by atoms with Gasteiger partial charge in [-0.15, -0.1) is 0 Å². The van der Waals surface area contributed by atoms with Crippen LogP contribution in [0.2, 0.25) is 0 Å². The molecule has 9 heteroatoms. The molecule has 0 radical (unpaired) electrons. The minimum atomic E-state index is -1.20. The van der Waals surface area contributed by atoms with E-state index in [1.54, 1.807) is 38.3 Å². The molecular formula is C25H31NO8. The quantitative estimate of drug-likeness (QED) is 0.364. The molecule has 0 bridgehead atoms. The van der Waals surface area contributed by atoms with Gasteiger partial charge >= 0.3 is 12.1 Å². The summed E-state index contributed by atoms with van der Waals surface area (Å²) in [5.41, 5.74) is 1.48. The lowest BCUT2D eigenvalue weighted by Crippen LogP contribution is -2.62. The van der Waals surface area contributed by atoms with Crippen molar-refractivity contribution >= 4 is 23.6 Å². The van der Waals surface area contributed by atoms with Crippen LogP contribution in [0.3, 0.4) is 0 Å². The summed E-state index contributed by atoms with van der Waals surface area (Å²) in [6.45, 7) is 2.99. The van der Waals surface area contributed by atoms with E-state index in [9.17, 15) is 19.5 Å². The first kappa shape index (κ1) is 24.1. The van der Waals surface area contributed by atoms with Crippen molar-refractivity contribution in [3.63, 3.8) is 0 Å². The van der Waals surface area contributed by atoms with Gasteiger partial charge in [0, 0.05) is 6.92 Å². The molecule has 1 unspecified atom stereocenters. The third kappa shape index (κ3) is 4.75. The summed E-state index contributed by atoms with van der Waals surface area (Å²) in [6.07, 6.45) is 2.03. The van der Waals surface area contributed by atoms with Gasteiger partial charge < -0.3 is 29.0 Å². The number of hydrogen-bond donors (Lipinski definition) is 1. The van der Waals surface area contributed by atoms with E-state index in [4.69, 9.17) is 18.9 Å². The second-order valence-corrected chi connectivity index (χ2v) is 9.02. The van der Waals surface area contributed by atoms with Crippen molar-refractivity contribution < 1.29 is 38.4 Å². The first-order valence-corrected chi connectivity index (χ1v) is 11.8. The minimum absolute atomic E-state index is 0.105. The molecule has 1 N–H and O–H groups in total. The third-order valence-electron chi connectivity index (χ3n) is 6.71. The summed E-state index contributed by atoms with van der Waals surface area (Å²) in [7, 11) is 1.56. The van der Waals surface area contributed by atoms with E-state index >= 15 is 0 Å². The maximum atomic E-state index is 13.2. The molecule has 4 rings (SSSR count). The third-order valence-corrected chi connectivity index (χ3v) is 6.71. The molecule has 3 aliphatic rings. The number of esters is 1. The van der Waals surface area contributed by atoms with E-state index < -0.39 is 30.4 Å². The molecule has 1 aromatic rings. The van der Waals surface area contributed by atoms with Crippen LogP contribution in [0.25, 0.3) is 5.57 Å². The van der Waals surface area contributed by atoms with Gasteiger partial charge in [0.2, 0.25) is 12.2 Å². The Morgan fingerprint density at radius 1 is 1.06 bits per heavy atom. The second kappa shape index (κ2) is 10.0. The fourth-order valence-corrected chi connectivity index (χ4v) is 5.02. The predicted octanol–water partition coefficient (Wildman–Crippen LogP) is 3.39. The van der Waals surface area contributed by atoms with Gasteiger partial charge in [-0.25, -0.2) is 9.59 Å². The van der Waals surface area contributed by atoms with Crippen LogP contribution in [0.5, 0.6) is 5.75 Å². The highest BCUT2D eigenvalue weighted by molar-refractivity contribution is 6.06. The Labute approximate surface area is 198 Å². The van der Waals surface area contributed by atoms with Crippen molar-refractivity contribution in [1.29, 1.82) is 0 Å². The molecule has 0 aromatic heterocycles. The van der Waals surface area contributed by atoms with Crippen LogP contribution in [0, 0.1) is 5.92 Å². The highest BCUT2D eigenvalue weighted by atomic mass is 16.8. The zero-order valence-electron chi connectivity index (χ0n) is 19.7. The van der Waals surface area contributed by atoms with Gasteiger partial charge in [0.05, 0.1) is 25.2 Å². The number of amides is 1. The highest BCUT2D eigenvalue weighted by Gasteiger charge is 2.57. The Morgan fingerprint density at radius 3 is 2.35 bits per heavy atom. The van der Waals surface area contributed by atoms with Crippen molar-refractivity contribution in [3.05, 3.63) is 35.5 Å². The molecular weight excluding hydrogens is 442 g/mol. The number of carbonyl (C=O) groups excluding carboxylic acids is 3. The molecule has 1 saturated carbocycles. The number of ether oxygens (including phenoxy) is 4. The predicted molar refractivity (Wildman–Crippen MR) is 120 cm³/mol. The van der Waals surface area contributed by atoms with E-state index in [1.807, 2.05) is 0 Å². The molecule has 4 atom stereocenters. The Morgan fingerprint density at radius 2 is 1.74 bits per heavy atom. The number of aliphatic hydroxyl groups excluding tert-OH is 1. The molecule has 1 aromatic carbocycles. The molecule has 2 aliphatic heterocycles. The van der Waals surface area contributed by atoms with Gasteiger partial charge in [-0.2, -0.15) is 0 Å². The summed E-state index contributed by atoms with van der Waals surface area (Å²) >= 11 is 0. The van der Waals surface area contributed by atoms with Gasteiger partial charge in [-0.05, 0) is 62.3 Å². The van der Waals surface area contributed by atoms with Crippen molar-refractivity contribution in [2.45, 2.75) is 76.9 Å². The van der Waals surface area contributed by atoms with Crippen LogP contribution in [0.15, 0.2) is 30.0 Å². The smallest absolute Gasteiger partial charge is 0.497 e. The number of β-lactam (4-membered cyclic amide) rings is 1. The van der Waals surface area contributed by atoms with Gasteiger partial charge in [0.1, 0.15) is 17.6 Å². The largest absolute Gasteiger partial charge is 0.511 e. The lowest BCUT2D eigenvalue weighted by Gasteiger charge is -2.44.